The van der Waals surface area contributed by atoms with E-state index in [1.807, 2.05) is 4.90 Å². The van der Waals surface area contributed by atoms with Crippen LogP contribution in [0.2, 0.25) is 0 Å². The molecule has 3 amide bonds. The molecule has 1 aromatic carbocycles. The van der Waals surface area contributed by atoms with Gasteiger partial charge in [0, 0.05) is 42.8 Å². The van der Waals surface area contributed by atoms with Crippen LogP contribution in [-0.4, -0.2) is 45.0 Å². The molecule has 1 saturated carbocycles. The lowest BCUT2D eigenvalue weighted by Crippen LogP contribution is -2.35. The molecule has 1 aromatic heterocycles. The summed E-state index contributed by atoms with van der Waals surface area (Å²) in [6.45, 7) is 2.26. The minimum absolute atomic E-state index is 0.0793. The maximum absolute atomic E-state index is 12.7. The van der Waals surface area contributed by atoms with Gasteiger partial charge in [0.25, 0.3) is 0 Å². The number of benzene rings is 1. The van der Waals surface area contributed by atoms with E-state index in [0.29, 0.717) is 24.0 Å². The Morgan fingerprint density at radius 3 is 2.57 bits per heavy atom. The highest BCUT2D eigenvalue weighted by Gasteiger charge is 2.38. The number of rotatable bonds is 6. The van der Waals surface area contributed by atoms with Crippen LogP contribution >= 0.6 is 0 Å². The molecule has 2 fully saturated rings. The fraction of sp³-hybridized carbons (Fsp3) is 0.455. The highest BCUT2D eigenvalue weighted by Crippen LogP contribution is 2.30. The third-order valence-electron chi connectivity index (χ3n) is 5.99. The van der Waals surface area contributed by atoms with Crippen LogP contribution < -0.4 is 10.6 Å². The minimum atomic E-state index is -0.454. The molecular weight excluding hydrogens is 382 g/mol. The van der Waals surface area contributed by atoms with E-state index < -0.39 is 6.04 Å². The Morgan fingerprint density at radius 1 is 1.13 bits per heavy atom. The van der Waals surface area contributed by atoms with Crippen molar-refractivity contribution in [2.45, 2.75) is 51.1 Å². The van der Waals surface area contributed by atoms with E-state index in [-0.39, 0.29) is 30.1 Å². The topological polar surface area (TPSA) is 96.3 Å². The second-order valence-corrected chi connectivity index (χ2v) is 8.11. The molecule has 2 heterocycles. The molecule has 0 radical (unpaired) electrons. The molecule has 2 aromatic rings. The van der Waals surface area contributed by atoms with E-state index in [1.54, 1.807) is 54.3 Å². The number of hydrogen-bond donors (Lipinski definition) is 2. The molecule has 1 saturated heterocycles. The van der Waals surface area contributed by atoms with Crippen LogP contribution in [0.1, 0.15) is 45.1 Å². The van der Waals surface area contributed by atoms with Crippen molar-refractivity contribution < 1.29 is 14.4 Å². The number of carbonyl (C=O) groups excluding carboxylic acids is 3. The van der Waals surface area contributed by atoms with Crippen LogP contribution in [-0.2, 0) is 14.4 Å². The van der Waals surface area contributed by atoms with Crippen molar-refractivity contribution in [3.63, 3.8) is 0 Å². The highest BCUT2D eigenvalue weighted by atomic mass is 16.2. The summed E-state index contributed by atoms with van der Waals surface area (Å²) in [5, 5.41) is 9.84. The Bertz CT molecular complexity index is 921. The molecule has 0 bridgehead atoms. The normalized spacial score (nSPS) is 20.4. The van der Waals surface area contributed by atoms with Gasteiger partial charge < -0.3 is 15.5 Å². The monoisotopic (exact) mass is 409 g/mol. The van der Waals surface area contributed by atoms with E-state index in [2.05, 4.69) is 15.7 Å². The first kappa shape index (κ1) is 20.1. The summed E-state index contributed by atoms with van der Waals surface area (Å²) in [6.07, 6.45) is 8.02. The lowest BCUT2D eigenvalue weighted by atomic mass is 10.1. The number of aromatic nitrogens is 2. The summed E-state index contributed by atoms with van der Waals surface area (Å²) in [7, 11) is 0. The van der Waals surface area contributed by atoms with Gasteiger partial charge in [-0.3, -0.25) is 19.1 Å². The standard InChI is InChI=1S/C22H27N5O3/c1-15(27-11-5-10-23-27)21(29)24-17-6-4-7-18(13-17)25-22(30)16-12-20(28)26(14-16)19-8-2-3-9-19/h4-7,10-11,13,15-16,19H,2-3,8-9,12,14H2,1H3,(H,24,29)(H,25,30). The number of carbonyl (C=O) groups is 3. The van der Waals surface area contributed by atoms with Gasteiger partial charge in [-0.05, 0) is 44.0 Å². The zero-order valence-electron chi connectivity index (χ0n) is 17.1. The SMILES string of the molecule is CC(C(=O)Nc1cccc(NC(=O)C2CC(=O)N(C3CCCC3)C2)c1)n1cccn1. The van der Waals surface area contributed by atoms with Gasteiger partial charge in [0.2, 0.25) is 17.7 Å². The summed E-state index contributed by atoms with van der Waals surface area (Å²) in [5.41, 5.74) is 1.18. The second-order valence-electron chi connectivity index (χ2n) is 8.11. The van der Waals surface area contributed by atoms with E-state index in [9.17, 15) is 14.4 Å². The second kappa shape index (κ2) is 8.69. The molecule has 1 aliphatic heterocycles. The van der Waals surface area contributed by atoms with E-state index >= 15 is 0 Å². The van der Waals surface area contributed by atoms with Crippen LogP contribution in [0, 0.1) is 5.92 Å². The van der Waals surface area contributed by atoms with Crippen molar-refractivity contribution in [3.8, 4) is 0 Å². The first-order chi connectivity index (χ1) is 14.5. The van der Waals surface area contributed by atoms with Gasteiger partial charge in [-0.2, -0.15) is 5.10 Å². The Balaban J connectivity index is 1.35. The lowest BCUT2D eigenvalue weighted by Gasteiger charge is -2.23. The third kappa shape index (κ3) is 4.37. The minimum Gasteiger partial charge on any atom is -0.339 e. The fourth-order valence-electron chi connectivity index (χ4n) is 4.27. The zero-order chi connectivity index (χ0) is 21.1. The van der Waals surface area contributed by atoms with Crippen molar-refractivity contribution in [3.05, 3.63) is 42.7 Å². The molecule has 2 unspecified atom stereocenters. The fourth-order valence-corrected chi connectivity index (χ4v) is 4.27. The third-order valence-corrected chi connectivity index (χ3v) is 5.99. The van der Waals surface area contributed by atoms with Crippen molar-refractivity contribution in [1.29, 1.82) is 0 Å². The number of likely N-dealkylation sites (tertiary alicyclic amines) is 1. The summed E-state index contributed by atoms with van der Waals surface area (Å²) in [6, 6.07) is 8.64. The van der Waals surface area contributed by atoms with Crippen LogP contribution in [0.4, 0.5) is 11.4 Å². The van der Waals surface area contributed by atoms with Gasteiger partial charge >= 0.3 is 0 Å². The van der Waals surface area contributed by atoms with Crippen molar-refractivity contribution in [2.24, 2.45) is 5.92 Å². The summed E-state index contributed by atoms with van der Waals surface area (Å²) in [4.78, 5) is 39.4. The molecule has 2 aliphatic rings. The number of nitrogens with zero attached hydrogens (tertiary/aromatic N) is 3. The molecule has 8 heteroatoms. The van der Waals surface area contributed by atoms with Gasteiger partial charge in [0.15, 0.2) is 0 Å². The molecule has 0 spiro atoms. The number of anilines is 2. The molecule has 8 nitrogen and oxygen atoms in total. The molecule has 2 N–H and O–H groups in total. The largest absolute Gasteiger partial charge is 0.339 e. The lowest BCUT2D eigenvalue weighted by molar-refractivity contribution is -0.130. The predicted molar refractivity (Wildman–Crippen MR) is 113 cm³/mol. The Hall–Kier alpha value is -3.16. The van der Waals surface area contributed by atoms with Gasteiger partial charge in [0.05, 0.1) is 5.92 Å². The molecule has 30 heavy (non-hydrogen) atoms. The molecule has 4 rings (SSSR count). The van der Waals surface area contributed by atoms with Gasteiger partial charge in [-0.1, -0.05) is 18.9 Å². The number of nitrogens with one attached hydrogen (secondary N) is 2. The van der Waals surface area contributed by atoms with E-state index in [1.165, 1.54) is 0 Å². The maximum atomic E-state index is 12.7. The van der Waals surface area contributed by atoms with Gasteiger partial charge in [-0.25, -0.2) is 0 Å². The Labute approximate surface area is 175 Å². The Kier molecular flexibility index (Phi) is 5.83. The van der Waals surface area contributed by atoms with Crippen molar-refractivity contribution in [2.75, 3.05) is 17.2 Å². The maximum Gasteiger partial charge on any atom is 0.248 e. The summed E-state index contributed by atoms with van der Waals surface area (Å²) in [5.74, 6) is -0.611. The van der Waals surface area contributed by atoms with Crippen LogP contribution in [0.15, 0.2) is 42.7 Å². The smallest absolute Gasteiger partial charge is 0.248 e. The first-order valence-electron chi connectivity index (χ1n) is 10.5. The average molecular weight is 409 g/mol. The van der Waals surface area contributed by atoms with Gasteiger partial charge in [-0.15, -0.1) is 0 Å². The molecule has 1 aliphatic carbocycles. The van der Waals surface area contributed by atoms with Crippen molar-refractivity contribution >= 4 is 29.1 Å². The number of amides is 3. The zero-order valence-corrected chi connectivity index (χ0v) is 17.1. The van der Waals surface area contributed by atoms with Gasteiger partial charge in [0.1, 0.15) is 6.04 Å². The summed E-state index contributed by atoms with van der Waals surface area (Å²) >= 11 is 0. The average Bonchev–Trinajstić information content (AvgIpc) is 3.49. The molecule has 158 valence electrons. The van der Waals surface area contributed by atoms with Crippen LogP contribution in [0.25, 0.3) is 0 Å². The Morgan fingerprint density at radius 2 is 1.87 bits per heavy atom. The molecular formula is C22H27N5O3. The van der Waals surface area contributed by atoms with Crippen LogP contribution in [0.5, 0.6) is 0 Å². The quantitative estimate of drug-likeness (QED) is 0.767. The van der Waals surface area contributed by atoms with Crippen LogP contribution in [0.3, 0.4) is 0 Å². The number of hydrogen-bond acceptors (Lipinski definition) is 4. The molecule has 2 atom stereocenters. The van der Waals surface area contributed by atoms with Crippen molar-refractivity contribution in [1.82, 2.24) is 14.7 Å². The predicted octanol–water partition coefficient (Wildman–Crippen LogP) is 2.81. The first-order valence-corrected chi connectivity index (χ1v) is 10.5. The highest BCUT2D eigenvalue weighted by molar-refractivity contribution is 5.98. The van der Waals surface area contributed by atoms with E-state index in [0.717, 1.165) is 25.7 Å². The summed E-state index contributed by atoms with van der Waals surface area (Å²) < 4.78 is 1.58. The van der Waals surface area contributed by atoms with E-state index in [4.69, 9.17) is 0 Å².